The first-order valence-corrected chi connectivity index (χ1v) is 4.68. The highest BCUT2D eigenvalue weighted by molar-refractivity contribution is 6.30. The van der Waals surface area contributed by atoms with Crippen molar-refractivity contribution < 1.29 is 9.90 Å². The van der Waals surface area contributed by atoms with Crippen LogP contribution in [-0.2, 0) is 5.41 Å². The molecule has 1 rings (SSSR count). The first-order chi connectivity index (χ1) is 6.73. The first kappa shape index (κ1) is 11.7. The lowest BCUT2D eigenvalue weighted by molar-refractivity contribution is 0.0687. The Hall–Kier alpha value is -1.36. The predicted octanol–water partition coefficient (Wildman–Crippen LogP) is 1.71. The minimum atomic E-state index is -1.16. The molecule has 0 unspecified atom stereocenters. The van der Waals surface area contributed by atoms with Gasteiger partial charge in [-0.15, -0.1) is 0 Å². The maximum absolute atomic E-state index is 11.0. The van der Waals surface area contributed by atoms with Gasteiger partial charge in [0.05, 0.1) is 0 Å². The zero-order chi connectivity index (χ0) is 11.8. The average molecular weight is 230 g/mol. The number of nitrogens with two attached hydrogens (primary N) is 1. The minimum Gasteiger partial charge on any atom is -0.476 e. The molecule has 0 aliphatic rings. The summed E-state index contributed by atoms with van der Waals surface area (Å²) in [7, 11) is 0. The summed E-state index contributed by atoms with van der Waals surface area (Å²) < 4.78 is 0. The van der Waals surface area contributed by atoms with Crippen molar-refractivity contribution in [2.45, 2.75) is 26.2 Å². The third-order valence-corrected chi connectivity index (χ3v) is 2.11. The van der Waals surface area contributed by atoms with E-state index in [9.17, 15) is 4.79 Å². The van der Waals surface area contributed by atoms with E-state index in [4.69, 9.17) is 22.4 Å². The van der Waals surface area contributed by atoms with Crippen LogP contribution in [0.3, 0.4) is 0 Å². The van der Waals surface area contributed by atoms with Crippen molar-refractivity contribution in [3.05, 3.63) is 16.4 Å². The Balaban J connectivity index is 3.55. The van der Waals surface area contributed by atoms with Crippen LogP contribution < -0.4 is 5.73 Å². The maximum Gasteiger partial charge on any atom is 0.355 e. The van der Waals surface area contributed by atoms with Crippen molar-refractivity contribution in [3.8, 4) is 0 Å². The quantitative estimate of drug-likeness (QED) is 0.716. The SMILES string of the molecule is CC(C)(C)c1c(Cl)nc(N)nc1C(=O)O. The molecule has 0 aliphatic heterocycles. The summed E-state index contributed by atoms with van der Waals surface area (Å²) in [4.78, 5) is 18.4. The third-order valence-electron chi connectivity index (χ3n) is 1.83. The number of hydrogen-bond acceptors (Lipinski definition) is 4. The normalized spacial score (nSPS) is 11.5. The van der Waals surface area contributed by atoms with Gasteiger partial charge in [0.15, 0.2) is 5.69 Å². The number of carboxylic acid groups (broad SMARTS) is 1. The van der Waals surface area contributed by atoms with Gasteiger partial charge in [-0.25, -0.2) is 14.8 Å². The van der Waals surface area contributed by atoms with Crippen molar-refractivity contribution >= 4 is 23.5 Å². The van der Waals surface area contributed by atoms with Crippen LogP contribution in [0.15, 0.2) is 0 Å². The third kappa shape index (κ3) is 2.36. The first-order valence-electron chi connectivity index (χ1n) is 4.30. The fourth-order valence-electron chi connectivity index (χ4n) is 1.27. The van der Waals surface area contributed by atoms with Gasteiger partial charge < -0.3 is 10.8 Å². The van der Waals surface area contributed by atoms with Gasteiger partial charge in [-0.2, -0.15) is 0 Å². The molecule has 6 heteroatoms. The van der Waals surface area contributed by atoms with Crippen molar-refractivity contribution in [1.82, 2.24) is 9.97 Å². The minimum absolute atomic E-state index is 0.0902. The highest BCUT2D eigenvalue weighted by Gasteiger charge is 2.27. The molecule has 1 aromatic heterocycles. The zero-order valence-electron chi connectivity index (χ0n) is 8.71. The summed E-state index contributed by atoms with van der Waals surface area (Å²) >= 11 is 5.87. The largest absolute Gasteiger partial charge is 0.476 e. The lowest BCUT2D eigenvalue weighted by Crippen LogP contribution is -2.21. The summed E-state index contributed by atoms with van der Waals surface area (Å²) in [5.74, 6) is -1.29. The van der Waals surface area contributed by atoms with Crippen LogP contribution in [-0.4, -0.2) is 21.0 Å². The molecule has 0 fully saturated rings. The van der Waals surface area contributed by atoms with Crippen LogP contribution in [0.1, 0.15) is 36.8 Å². The number of halogens is 1. The Labute approximate surface area is 92.3 Å². The lowest BCUT2D eigenvalue weighted by Gasteiger charge is -2.21. The molecule has 0 atom stereocenters. The second-order valence-corrected chi connectivity index (χ2v) is 4.51. The summed E-state index contributed by atoms with van der Waals surface area (Å²) in [6.07, 6.45) is 0. The fraction of sp³-hybridized carbons (Fsp3) is 0.444. The van der Waals surface area contributed by atoms with E-state index in [-0.39, 0.29) is 16.8 Å². The molecule has 5 nitrogen and oxygen atoms in total. The monoisotopic (exact) mass is 229 g/mol. The van der Waals surface area contributed by atoms with E-state index in [0.717, 1.165) is 0 Å². The number of carboxylic acids is 1. The number of nitrogen functional groups attached to an aromatic ring is 1. The van der Waals surface area contributed by atoms with E-state index in [1.807, 2.05) is 20.8 Å². The number of hydrogen-bond donors (Lipinski definition) is 2. The van der Waals surface area contributed by atoms with E-state index >= 15 is 0 Å². The Bertz CT molecular complexity index is 413. The number of rotatable bonds is 1. The molecule has 0 spiro atoms. The highest BCUT2D eigenvalue weighted by atomic mass is 35.5. The number of carbonyl (C=O) groups is 1. The van der Waals surface area contributed by atoms with Crippen molar-refractivity contribution in [2.75, 3.05) is 5.73 Å². The molecule has 0 saturated heterocycles. The predicted molar refractivity (Wildman–Crippen MR) is 57.1 cm³/mol. The van der Waals surface area contributed by atoms with Gasteiger partial charge in [0.2, 0.25) is 5.95 Å². The molecule has 15 heavy (non-hydrogen) atoms. The molecule has 0 bridgehead atoms. The Morgan fingerprint density at radius 3 is 2.33 bits per heavy atom. The Kier molecular flexibility index (Phi) is 2.86. The van der Waals surface area contributed by atoms with E-state index in [1.54, 1.807) is 0 Å². The van der Waals surface area contributed by atoms with E-state index in [2.05, 4.69) is 9.97 Å². The number of aromatic carboxylic acids is 1. The van der Waals surface area contributed by atoms with Gasteiger partial charge >= 0.3 is 5.97 Å². The molecule has 0 radical (unpaired) electrons. The molecule has 0 aromatic carbocycles. The van der Waals surface area contributed by atoms with Gasteiger partial charge in [0.1, 0.15) is 5.15 Å². The van der Waals surface area contributed by atoms with Crippen LogP contribution >= 0.6 is 11.6 Å². The van der Waals surface area contributed by atoms with E-state index < -0.39 is 11.4 Å². The van der Waals surface area contributed by atoms with Gasteiger partial charge in [0, 0.05) is 5.56 Å². The Morgan fingerprint density at radius 1 is 1.40 bits per heavy atom. The van der Waals surface area contributed by atoms with Crippen LogP contribution in [0.2, 0.25) is 5.15 Å². The van der Waals surface area contributed by atoms with Crippen LogP contribution in [0, 0.1) is 0 Å². The summed E-state index contributed by atoms with van der Waals surface area (Å²) in [6.45, 7) is 5.50. The topological polar surface area (TPSA) is 89.1 Å². The van der Waals surface area contributed by atoms with Gasteiger partial charge in [0.25, 0.3) is 0 Å². The number of anilines is 1. The number of nitrogens with zero attached hydrogens (tertiary/aromatic N) is 2. The van der Waals surface area contributed by atoms with E-state index in [0.29, 0.717) is 5.56 Å². The van der Waals surface area contributed by atoms with Gasteiger partial charge in [-0.05, 0) is 5.41 Å². The van der Waals surface area contributed by atoms with Gasteiger partial charge in [-0.3, -0.25) is 0 Å². The standard InChI is InChI=1S/C9H12ClN3O2/c1-9(2,3)4-5(7(14)15)12-8(11)13-6(4)10/h1-3H3,(H,14,15)(H2,11,12,13). The molecule has 1 heterocycles. The summed E-state index contributed by atoms with van der Waals surface area (Å²) in [6, 6.07) is 0. The molecule has 1 aromatic rings. The van der Waals surface area contributed by atoms with Crippen molar-refractivity contribution in [2.24, 2.45) is 0 Å². The fourth-order valence-corrected chi connectivity index (χ4v) is 1.73. The molecule has 3 N–H and O–H groups in total. The smallest absolute Gasteiger partial charge is 0.355 e. The molecule has 0 saturated carbocycles. The van der Waals surface area contributed by atoms with E-state index in [1.165, 1.54) is 0 Å². The van der Waals surface area contributed by atoms with Crippen molar-refractivity contribution in [3.63, 3.8) is 0 Å². The molecule has 82 valence electrons. The summed E-state index contributed by atoms with van der Waals surface area (Å²) in [5.41, 5.74) is 5.15. The molecule has 0 aliphatic carbocycles. The van der Waals surface area contributed by atoms with Gasteiger partial charge in [-0.1, -0.05) is 32.4 Å². The van der Waals surface area contributed by atoms with Crippen LogP contribution in [0.5, 0.6) is 0 Å². The lowest BCUT2D eigenvalue weighted by atomic mass is 9.87. The highest BCUT2D eigenvalue weighted by Crippen LogP contribution is 2.30. The average Bonchev–Trinajstić information content (AvgIpc) is 1.99. The van der Waals surface area contributed by atoms with Crippen molar-refractivity contribution in [1.29, 1.82) is 0 Å². The molecular weight excluding hydrogens is 218 g/mol. The summed E-state index contributed by atoms with van der Waals surface area (Å²) in [5, 5.41) is 9.06. The van der Waals surface area contributed by atoms with Crippen LogP contribution in [0.25, 0.3) is 0 Å². The molecule has 0 amide bonds. The Morgan fingerprint density at radius 2 is 1.93 bits per heavy atom. The second kappa shape index (κ2) is 3.66. The maximum atomic E-state index is 11.0. The molecular formula is C9H12ClN3O2. The number of aromatic nitrogens is 2. The zero-order valence-corrected chi connectivity index (χ0v) is 9.46. The second-order valence-electron chi connectivity index (χ2n) is 4.15. The van der Waals surface area contributed by atoms with Crippen LogP contribution in [0.4, 0.5) is 5.95 Å².